The first kappa shape index (κ1) is 15.9. The summed E-state index contributed by atoms with van der Waals surface area (Å²) in [6, 6.07) is 12.3. The maximum atomic E-state index is 12.4. The van der Waals surface area contributed by atoms with Gasteiger partial charge in [0, 0.05) is 16.5 Å². The topological polar surface area (TPSA) is 90.4 Å². The Hall–Kier alpha value is -3.61. The largest absolute Gasteiger partial charge is 0.508 e. The molecule has 7 nitrogen and oxygen atoms in total. The van der Waals surface area contributed by atoms with Crippen LogP contribution in [-0.4, -0.2) is 27.2 Å². The van der Waals surface area contributed by atoms with Gasteiger partial charge in [0.15, 0.2) is 5.69 Å². The van der Waals surface area contributed by atoms with Crippen molar-refractivity contribution in [3.8, 4) is 28.4 Å². The monoisotopic (exact) mass is 349 g/mol. The van der Waals surface area contributed by atoms with Crippen molar-refractivity contribution in [3.05, 3.63) is 64.6 Å². The van der Waals surface area contributed by atoms with Crippen molar-refractivity contribution in [2.75, 3.05) is 7.11 Å². The van der Waals surface area contributed by atoms with Gasteiger partial charge in [-0.3, -0.25) is 0 Å². The quantitative estimate of drug-likeness (QED) is 0.572. The minimum absolute atomic E-state index is 0.0796. The Morgan fingerprint density at radius 2 is 1.92 bits per heavy atom. The van der Waals surface area contributed by atoms with Gasteiger partial charge < -0.3 is 14.3 Å². The second-order valence-electron chi connectivity index (χ2n) is 5.82. The van der Waals surface area contributed by atoms with Gasteiger partial charge in [-0.2, -0.15) is 0 Å². The van der Waals surface area contributed by atoms with Crippen LogP contribution in [0.3, 0.4) is 0 Å². The summed E-state index contributed by atoms with van der Waals surface area (Å²) in [5, 5.41) is 18.6. The average Bonchev–Trinajstić information content (AvgIpc) is 3.15. The van der Waals surface area contributed by atoms with Crippen molar-refractivity contribution >= 4 is 11.0 Å². The number of rotatable bonds is 3. The third-order valence-electron chi connectivity index (χ3n) is 4.23. The number of aryl methyl sites for hydroxylation is 1. The van der Waals surface area contributed by atoms with E-state index in [0.29, 0.717) is 22.2 Å². The van der Waals surface area contributed by atoms with Crippen LogP contribution in [0.4, 0.5) is 0 Å². The van der Waals surface area contributed by atoms with Crippen molar-refractivity contribution in [1.82, 2.24) is 15.0 Å². The van der Waals surface area contributed by atoms with Crippen LogP contribution in [0.15, 0.2) is 57.9 Å². The first-order valence-electron chi connectivity index (χ1n) is 7.90. The highest BCUT2D eigenvalue weighted by Gasteiger charge is 2.13. The van der Waals surface area contributed by atoms with Crippen molar-refractivity contribution in [3.63, 3.8) is 0 Å². The molecule has 0 bridgehead atoms. The van der Waals surface area contributed by atoms with E-state index in [9.17, 15) is 9.90 Å². The van der Waals surface area contributed by atoms with Crippen LogP contribution in [0.5, 0.6) is 11.5 Å². The molecule has 0 amide bonds. The van der Waals surface area contributed by atoms with E-state index in [2.05, 4.69) is 10.3 Å². The van der Waals surface area contributed by atoms with Crippen molar-refractivity contribution < 1.29 is 14.3 Å². The Balaban J connectivity index is 1.78. The second-order valence-corrected chi connectivity index (χ2v) is 5.82. The average molecular weight is 349 g/mol. The van der Waals surface area contributed by atoms with Gasteiger partial charge in [0.25, 0.3) is 0 Å². The van der Waals surface area contributed by atoms with Gasteiger partial charge in [0.2, 0.25) is 0 Å². The summed E-state index contributed by atoms with van der Waals surface area (Å²) in [5.41, 5.74) is 2.03. The summed E-state index contributed by atoms with van der Waals surface area (Å²) in [6.07, 6.45) is 1.66. The molecule has 1 N–H and O–H groups in total. The molecule has 2 aromatic carbocycles. The van der Waals surface area contributed by atoms with E-state index in [4.69, 9.17) is 9.15 Å². The lowest BCUT2D eigenvalue weighted by atomic mass is 10.1. The molecule has 0 aliphatic rings. The predicted octanol–water partition coefficient (Wildman–Crippen LogP) is 3.06. The number of phenolic OH excluding ortho intramolecular Hbond substituents is 1. The zero-order chi connectivity index (χ0) is 18.3. The Kier molecular flexibility index (Phi) is 3.69. The van der Waals surface area contributed by atoms with E-state index in [1.54, 1.807) is 38.4 Å². The number of methoxy groups -OCH3 is 1. The number of nitrogens with zero attached hydrogens (tertiary/aromatic N) is 3. The van der Waals surface area contributed by atoms with Gasteiger partial charge >= 0.3 is 5.63 Å². The van der Waals surface area contributed by atoms with Crippen molar-refractivity contribution in [2.24, 2.45) is 0 Å². The SMILES string of the molecule is COc1ccc(-c2cn(-c3cc4ccc(O)c(C)c4oc3=O)nn2)cc1. The van der Waals surface area contributed by atoms with Gasteiger partial charge in [0.1, 0.15) is 22.8 Å². The van der Waals surface area contributed by atoms with E-state index in [-0.39, 0.29) is 11.4 Å². The number of hydrogen-bond acceptors (Lipinski definition) is 6. The van der Waals surface area contributed by atoms with Crippen molar-refractivity contribution in [1.29, 1.82) is 0 Å². The van der Waals surface area contributed by atoms with E-state index in [1.807, 2.05) is 24.3 Å². The molecule has 0 aliphatic heterocycles. The highest BCUT2D eigenvalue weighted by atomic mass is 16.5. The number of fused-ring (bicyclic) bond motifs is 1. The number of benzene rings is 2. The second kappa shape index (κ2) is 6.03. The third-order valence-corrected chi connectivity index (χ3v) is 4.23. The molecule has 4 aromatic rings. The maximum absolute atomic E-state index is 12.4. The molecule has 2 heterocycles. The number of aromatic hydroxyl groups is 1. The number of aromatic nitrogens is 3. The summed E-state index contributed by atoms with van der Waals surface area (Å²) in [6.45, 7) is 1.69. The lowest BCUT2D eigenvalue weighted by Gasteiger charge is -2.05. The van der Waals surface area contributed by atoms with Crippen molar-refractivity contribution in [2.45, 2.75) is 6.92 Å². The Labute approximate surface area is 148 Å². The molecular formula is C19H15N3O4. The molecule has 0 radical (unpaired) electrons. The van der Waals surface area contributed by atoms with Crippen LogP contribution < -0.4 is 10.4 Å². The maximum Gasteiger partial charge on any atom is 0.362 e. The fraction of sp³-hybridized carbons (Fsp3) is 0.105. The molecule has 0 saturated heterocycles. The number of hydrogen-bond donors (Lipinski definition) is 1. The molecule has 4 rings (SSSR count). The normalized spacial score (nSPS) is 11.0. The predicted molar refractivity (Wildman–Crippen MR) is 95.8 cm³/mol. The molecule has 0 unspecified atom stereocenters. The Bertz CT molecular complexity index is 1160. The smallest absolute Gasteiger partial charge is 0.362 e. The van der Waals surface area contributed by atoms with Gasteiger partial charge in [-0.05, 0) is 49.4 Å². The first-order chi connectivity index (χ1) is 12.6. The minimum Gasteiger partial charge on any atom is -0.508 e. The van der Waals surface area contributed by atoms with Gasteiger partial charge in [-0.1, -0.05) is 5.21 Å². The minimum atomic E-state index is -0.558. The summed E-state index contributed by atoms with van der Waals surface area (Å²) in [5.74, 6) is 0.825. The van der Waals surface area contributed by atoms with E-state index in [0.717, 1.165) is 11.3 Å². The lowest BCUT2D eigenvalue weighted by Crippen LogP contribution is -2.11. The highest BCUT2D eigenvalue weighted by Crippen LogP contribution is 2.26. The molecular weight excluding hydrogens is 334 g/mol. The zero-order valence-electron chi connectivity index (χ0n) is 14.1. The third kappa shape index (κ3) is 2.59. The molecule has 2 aromatic heterocycles. The fourth-order valence-electron chi connectivity index (χ4n) is 2.74. The summed E-state index contributed by atoms with van der Waals surface area (Å²) < 4.78 is 11.9. The fourth-order valence-corrected chi connectivity index (χ4v) is 2.74. The Morgan fingerprint density at radius 3 is 2.65 bits per heavy atom. The molecule has 0 aliphatic carbocycles. The van der Waals surface area contributed by atoms with Gasteiger partial charge in [-0.15, -0.1) is 5.10 Å². The van der Waals surface area contributed by atoms with Crippen LogP contribution in [0, 0.1) is 6.92 Å². The van der Waals surface area contributed by atoms with Crippen LogP contribution in [0.1, 0.15) is 5.56 Å². The van der Waals surface area contributed by atoms with Crippen LogP contribution in [0.2, 0.25) is 0 Å². The molecule has 26 heavy (non-hydrogen) atoms. The van der Waals surface area contributed by atoms with Gasteiger partial charge in [-0.25, -0.2) is 9.48 Å². The molecule has 0 fully saturated rings. The lowest BCUT2D eigenvalue weighted by molar-refractivity contribution is 0.415. The molecule has 130 valence electrons. The Morgan fingerprint density at radius 1 is 1.15 bits per heavy atom. The number of phenols is 1. The summed E-state index contributed by atoms with van der Waals surface area (Å²) in [7, 11) is 1.60. The molecule has 7 heteroatoms. The number of ether oxygens (including phenoxy) is 1. The van der Waals surface area contributed by atoms with Crippen LogP contribution in [-0.2, 0) is 0 Å². The zero-order valence-corrected chi connectivity index (χ0v) is 14.1. The van der Waals surface area contributed by atoms with E-state index in [1.165, 1.54) is 4.68 Å². The molecule has 0 spiro atoms. The molecule has 0 saturated carbocycles. The first-order valence-corrected chi connectivity index (χ1v) is 7.90. The summed E-state index contributed by atoms with van der Waals surface area (Å²) >= 11 is 0. The van der Waals surface area contributed by atoms with E-state index >= 15 is 0 Å². The molecule has 0 atom stereocenters. The van der Waals surface area contributed by atoms with E-state index < -0.39 is 5.63 Å². The van der Waals surface area contributed by atoms with Crippen LogP contribution >= 0.6 is 0 Å². The van der Waals surface area contributed by atoms with Gasteiger partial charge in [0.05, 0.1) is 13.3 Å². The highest BCUT2D eigenvalue weighted by molar-refractivity contribution is 5.83. The standard InChI is InChI=1S/C19H15N3O4/c1-11-17(23)8-5-13-9-16(19(24)26-18(11)13)22-10-15(20-21-22)12-3-6-14(25-2)7-4-12/h3-10,23H,1-2H3. The van der Waals surface area contributed by atoms with Crippen LogP contribution in [0.25, 0.3) is 27.9 Å². The summed E-state index contributed by atoms with van der Waals surface area (Å²) in [4.78, 5) is 12.4.